The minimum absolute atomic E-state index is 0.0907. The zero-order valence-electron chi connectivity index (χ0n) is 11.5. The van der Waals surface area contributed by atoms with Crippen LogP contribution in [0.3, 0.4) is 0 Å². The number of hydrogen-bond donors (Lipinski definition) is 1. The molecule has 1 N–H and O–H groups in total. The van der Waals surface area contributed by atoms with Crippen molar-refractivity contribution in [3.8, 4) is 0 Å². The SMILES string of the molecule is CCNC(Cc1ccc(F)c(Br)c1)c1ccc(Br)cc1Cl. The molecule has 0 fully saturated rings. The van der Waals surface area contributed by atoms with E-state index in [1.54, 1.807) is 6.07 Å². The first-order valence-corrected chi connectivity index (χ1v) is 8.60. The van der Waals surface area contributed by atoms with Gasteiger partial charge in [-0.25, -0.2) is 4.39 Å². The average molecular weight is 436 g/mol. The van der Waals surface area contributed by atoms with E-state index >= 15 is 0 Å². The van der Waals surface area contributed by atoms with Crippen molar-refractivity contribution in [3.05, 3.63) is 67.3 Å². The van der Waals surface area contributed by atoms with Gasteiger partial charge in [-0.1, -0.05) is 46.6 Å². The van der Waals surface area contributed by atoms with Gasteiger partial charge in [-0.2, -0.15) is 0 Å². The Labute approximate surface area is 146 Å². The van der Waals surface area contributed by atoms with Crippen LogP contribution in [0.4, 0.5) is 4.39 Å². The summed E-state index contributed by atoms with van der Waals surface area (Å²) in [5, 5.41) is 4.15. The van der Waals surface area contributed by atoms with Crippen LogP contribution < -0.4 is 5.32 Å². The third-order valence-corrected chi connectivity index (χ3v) is 4.64. The molecule has 1 nitrogen and oxygen atoms in total. The summed E-state index contributed by atoms with van der Waals surface area (Å²) in [7, 11) is 0. The predicted molar refractivity (Wildman–Crippen MR) is 93.4 cm³/mol. The summed E-state index contributed by atoms with van der Waals surface area (Å²) in [6.07, 6.45) is 0.744. The maximum atomic E-state index is 13.3. The normalized spacial score (nSPS) is 12.4. The molecule has 0 aliphatic rings. The van der Waals surface area contributed by atoms with Crippen molar-refractivity contribution in [1.29, 1.82) is 0 Å². The Hall–Kier alpha value is -0.420. The van der Waals surface area contributed by atoms with E-state index in [2.05, 4.69) is 44.1 Å². The number of halogens is 4. The molecule has 21 heavy (non-hydrogen) atoms. The highest BCUT2D eigenvalue weighted by Crippen LogP contribution is 2.29. The van der Waals surface area contributed by atoms with Gasteiger partial charge in [-0.3, -0.25) is 0 Å². The summed E-state index contributed by atoms with van der Waals surface area (Å²) in [4.78, 5) is 0. The van der Waals surface area contributed by atoms with Gasteiger partial charge >= 0.3 is 0 Å². The zero-order chi connectivity index (χ0) is 15.4. The van der Waals surface area contributed by atoms with Gasteiger partial charge in [0.1, 0.15) is 5.82 Å². The molecule has 0 aliphatic carbocycles. The Balaban J connectivity index is 2.28. The lowest BCUT2D eigenvalue weighted by Crippen LogP contribution is -2.23. The van der Waals surface area contributed by atoms with Gasteiger partial charge in [0.2, 0.25) is 0 Å². The summed E-state index contributed by atoms with van der Waals surface area (Å²) in [6.45, 7) is 2.89. The highest BCUT2D eigenvalue weighted by Gasteiger charge is 2.15. The van der Waals surface area contributed by atoms with E-state index in [4.69, 9.17) is 11.6 Å². The van der Waals surface area contributed by atoms with Gasteiger partial charge in [0.05, 0.1) is 4.47 Å². The van der Waals surface area contributed by atoms with Crippen LogP contribution in [-0.4, -0.2) is 6.54 Å². The molecule has 0 radical (unpaired) electrons. The fourth-order valence-corrected chi connectivity index (χ4v) is 3.46. The molecule has 0 spiro atoms. The third kappa shape index (κ3) is 4.52. The van der Waals surface area contributed by atoms with Crippen molar-refractivity contribution in [3.63, 3.8) is 0 Å². The lowest BCUT2D eigenvalue weighted by Gasteiger charge is -2.20. The van der Waals surface area contributed by atoms with Crippen molar-refractivity contribution < 1.29 is 4.39 Å². The molecule has 2 rings (SSSR count). The molecule has 0 aliphatic heterocycles. The average Bonchev–Trinajstić information content (AvgIpc) is 2.42. The molecule has 5 heteroatoms. The minimum Gasteiger partial charge on any atom is -0.310 e. The van der Waals surface area contributed by atoms with E-state index < -0.39 is 0 Å². The van der Waals surface area contributed by atoms with Gasteiger partial charge in [-0.05, 0) is 64.3 Å². The Morgan fingerprint density at radius 2 is 1.95 bits per heavy atom. The quantitative estimate of drug-likeness (QED) is 0.617. The molecule has 2 aromatic rings. The third-order valence-electron chi connectivity index (χ3n) is 3.21. The second-order valence-electron chi connectivity index (χ2n) is 4.73. The summed E-state index contributed by atoms with van der Waals surface area (Å²) in [5.74, 6) is -0.250. The molecule has 0 amide bonds. The molecule has 0 saturated carbocycles. The molecule has 0 saturated heterocycles. The number of rotatable bonds is 5. The van der Waals surface area contributed by atoms with Crippen LogP contribution in [0.1, 0.15) is 24.1 Å². The fourth-order valence-electron chi connectivity index (χ4n) is 2.22. The number of nitrogens with one attached hydrogen (secondary N) is 1. The first-order chi connectivity index (χ1) is 10.0. The van der Waals surface area contributed by atoms with Crippen LogP contribution in [0.15, 0.2) is 45.3 Å². The second kappa shape index (κ2) is 7.73. The Kier molecular flexibility index (Phi) is 6.23. The summed E-state index contributed by atoms with van der Waals surface area (Å²) in [6, 6.07) is 11.1. The molecule has 1 atom stereocenters. The lowest BCUT2D eigenvalue weighted by molar-refractivity contribution is 0.548. The van der Waals surface area contributed by atoms with Gasteiger partial charge in [-0.15, -0.1) is 0 Å². The van der Waals surface area contributed by atoms with Crippen LogP contribution in [0.2, 0.25) is 5.02 Å². The molecule has 2 aromatic carbocycles. The van der Waals surface area contributed by atoms with E-state index in [0.29, 0.717) is 4.47 Å². The van der Waals surface area contributed by atoms with E-state index in [1.807, 2.05) is 24.3 Å². The molecule has 0 heterocycles. The summed E-state index contributed by atoms with van der Waals surface area (Å²) >= 11 is 13.0. The Morgan fingerprint density at radius 3 is 2.57 bits per heavy atom. The van der Waals surface area contributed by atoms with Crippen LogP contribution in [-0.2, 0) is 6.42 Å². The van der Waals surface area contributed by atoms with Gasteiger partial charge in [0, 0.05) is 15.5 Å². The monoisotopic (exact) mass is 433 g/mol. The largest absolute Gasteiger partial charge is 0.310 e. The smallest absolute Gasteiger partial charge is 0.137 e. The molecule has 0 aromatic heterocycles. The van der Waals surface area contributed by atoms with Crippen molar-refractivity contribution in [2.75, 3.05) is 6.54 Å². The highest BCUT2D eigenvalue weighted by atomic mass is 79.9. The number of benzene rings is 2. The predicted octanol–water partition coefficient (Wildman–Crippen LogP) is 5.90. The molecule has 1 unspecified atom stereocenters. The van der Waals surface area contributed by atoms with Crippen LogP contribution in [0.5, 0.6) is 0 Å². The maximum Gasteiger partial charge on any atom is 0.137 e. The van der Waals surface area contributed by atoms with Gasteiger partial charge in [0.25, 0.3) is 0 Å². The van der Waals surface area contributed by atoms with Crippen LogP contribution in [0.25, 0.3) is 0 Å². The fraction of sp³-hybridized carbons (Fsp3) is 0.250. The lowest BCUT2D eigenvalue weighted by atomic mass is 9.98. The minimum atomic E-state index is -0.250. The summed E-state index contributed by atoms with van der Waals surface area (Å²) < 4.78 is 14.8. The zero-order valence-corrected chi connectivity index (χ0v) is 15.4. The molecular weight excluding hydrogens is 420 g/mol. The highest BCUT2D eigenvalue weighted by molar-refractivity contribution is 9.10. The first-order valence-electron chi connectivity index (χ1n) is 6.63. The van der Waals surface area contributed by atoms with Crippen molar-refractivity contribution in [1.82, 2.24) is 5.32 Å². The van der Waals surface area contributed by atoms with Gasteiger partial charge in [0.15, 0.2) is 0 Å². The van der Waals surface area contributed by atoms with Gasteiger partial charge < -0.3 is 5.32 Å². The molecular formula is C16H15Br2ClFN. The maximum absolute atomic E-state index is 13.3. The van der Waals surface area contributed by atoms with Crippen molar-refractivity contribution >= 4 is 43.5 Å². The van der Waals surface area contributed by atoms with E-state index in [9.17, 15) is 4.39 Å². The van der Waals surface area contributed by atoms with E-state index in [1.165, 1.54) is 6.07 Å². The first kappa shape index (κ1) is 16.9. The number of likely N-dealkylation sites (N-methyl/N-ethyl adjacent to an activating group) is 1. The van der Waals surface area contributed by atoms with Crippen LogP contribution in [0, 0.1) is 5.82 Å². The molecule has 112 valence electrons. The summed E-state index contributed by atoms with van der Waals surface area (Å²) in [5.41, 5.74) is 2.09. The van der Waals surface area contributed by atoms with Crippen molar-refractivity contribution in [2.24, 2.45) is 0 Å². The van der Waals surface area contributed by atoms with Crippen LogP contribution >= 0.6 is 43.5 Å². The second-order valence-corrected chi connectivity index (χ2v) is 6.91. The number of hydrogen-bond acceptors (Lipinski definition) is 1. The van der Waals surface area contributed by atoms with E-state index in [0.717, 1.165) is 33.6 Å². The molecule has 0 bridgehead atoms. The standard InChI is InChI=1S/C16H15Br2ClFN/c1-2-21-16(12-5-4-11(17)9-14(12)19)8-10-3-6-15(20)13(18)7-10/h3-7,9,16,21H,2,8H2,1H3. The Morgan fingerprint density at radius 1 is 1.19 bits per heavy atom. The Bertz CT molecular complexity index is 634. The van der Waals surface area contributed by atoms with Crippen molar-refractivity contribution in [2.45, 2.75) is 19.4 Å². The topological polar surface area (TPSA) is 12.0 Å². The van der Waals surface area contributed by atoms with E-state index in [-0.39, 0.29) is 11.9 Å².